The Labute approximate surface area is 214 Å². The van der Waals surface area contributed by atoms with Crippen molar-refractivity contribution >= 4 is 58.1 Å². The highest BCUT2D eigenvalue weighted by molar-refractivity contribution is 7.10. The van der Waals surface area contributed by atoms with E-state index >= 15 is 0 Å². The zero-order valence-electron chi connectivity index (χ0n) is 19.8. The SMILES string of the molecule is Cc1cc(Nc2nc(N3CCC[C@@H](NC(=O)c4cccc(N(C)C)c4)C3)cnc2C(N)=O)sn1.Cl. The van der Waals surface area contributed by atoms with E-state index in [0.717, 1.165) is 35.8 Å². The van der Waals surface area contributed by atoms with Crippen molar-refractivity contribution in [3.8, 4) is 0 Å². The van der Waals surface area contributed by atoms with Crippen molar-refractivity contribution < 1.29 is 9.59 Å². The van der Waals surface area contributed by atoms with Gasteiger partial charge in [-0.3, -0.25) is 9.59 Å². The Kier molecular flexibility index (Phi) is 8.47. The summed E-state index contributed by atoms with van der Waals surface area (Å²) in [6, 6.07) is 9.36. The minimum absolute atomic E-state index is 0. The molecule has 1 aliphatic heterocycles. The smallest absolute Gasteiger partial charge is 0.271 e. The van der Waals surface area contributed by atoms with Gasteiger partial charge in [-0.05, 0) is 55.6 Å². The van der Waals surface area contributed by atoms with Crippen molar-refractivity contribution in [3.63, 3.8) is 0 Å². The molecule has 2 amide bonds. The number of nitrogens with one attached hydrogen (secondary N) is 2. The molecular weight excluding hydrogens is 488 g/mol. The van der Waals surface area contributed by atoms with E-state index < -0.39 is 5.91 Å². The van der Waals surface area contributed by atoms with Crippen LogP contribution in [0.25, 0.3) is 0 Å². The number of amides is 2. The Bertz CT molecular complexity index is 1200. The highest BCUT2D eigenvalue weighted by atomic mass is 35.5. The zero-order valence-corrected chi connectivity index (χ0v) is 21.4. The molecule has 186 valence electrons. The third-order valence-electron chi connectivity index (χ3n) is 5.57. The van der Waals surface area contributed by atoms with Gasteiger partial charge in [-0.25, -0.2) is 9.97 Å². The Hall–Kier alpha value is -3.44. The second kappa shape index (κ2) is 11.3. The summed E-state index contributed by atoms with van der Waals surface area (Å²) in [6.45, 7) is 3.24. The number of carbonyl (C=O) groups is 2. The first-order chi connectivity index (χ1) is 16.3. The summed E-state index contributed by atoms with van der Waals surface area (Å²) in [5.74, 6) is 0.141. The van der Waals surface area contributed by atoms with Crippen LogP contribution in [0, 0.1) is 6.92 Å². The number of nitrogens with two attached hydrogens (primary N) is 1. The molecule has 0 radical (unpaired) electrons. The van der Waals surface area contributed by atoms with Crippen LogP contribution in [0.15, 0.2) is 36.5 Å². The number of hydrogen-bond acceptors (Lipinski definition) is 9. The standard InChI is InChI=1S/C23H28N8O2S.ClH/c1-14-10-19(34-29-14)28-22-20(21(24)32)25-12-18(27-22)31-9-5-7-16(13-31)26-23(33)15-6-4-8-17(11-15)30(2)3;/h4,6,8,10-12,16H,5,7,9,13H2,1-3H3,(H2,24,32)(H,26,33)(H,27,28);1H/t16-;/m1./s1. The maximum Gasteiger partial charge on any atom is 0.271 e. The van der Waals surface area contributed by atoms with Gasteiger partial charge in [-0.15, -0.1) is 12.4 Å². The molecule has 1 aromatic carbocycles. The molecule has 1 atom stereocenters. The number of piperidine rings is 1. The third kappa shape index (κ3) is 6.37. The minimum Gasteiger partial charge on any atom is -0.378 e. The number of anilines is 4. The lowest BCUT2D eigenvalue weighted by Crippen LogP contribution is -2.48. The molecule has 0 saturated carbocycles. The Morgan fingerprint density at radius 3 is 2.74 bits per heavy atom. The van der Waals surface area contributed by atoms with Crippen LogP contribution in [0.2, 0.25) is 0 Å². The van der Waals surface area contributed by atoms with Crippen LogP contribution in [0.1, 0.15) is 39.4 Å². The lowest BCUT2D eigenvalue weighted by Gasteiger charge is -2.34. The van der Waals surface area contributed by atoms with E-state index in [0.29, 0.717) is 23.7 Å². The number of hydrogen-bond donors (Lipinski definition) is 3. The number of aryl methyl sites for hydroxylation is 1. The van der Waals surface area contributed by atoms with E-state index in [1.807, 2.05) is 56.3 Å². The van der Waals surface area contributed by atoms with Gasteiger partial charge in [0.05, 0.1) is 11.9 Å². The first kappa shape index (κ1) is 26.2. The second-order valence-electron chi connectivity index (χ2n) is 8.45. The van der Waals surface area contributed by atoms with Gasteiger partial charge >= 0.3 is 0 Å². The van der Waals surface area contributed by atoms with E-state index in [1.54, 1.807) is 6.20 Å². The fraction of sp³-hybridized carbons (Fsp3) is 0.348. The van der Waals surface area contributed by atoms with Gasteiger partial charge < -0.3 is 26.2 Å². The summed E-state index contributed by atoms with van der Waals surface area (Å²) in [7, 11) is 3.89. The molecule has 4 N–H and O–H groups in total. The quantitative estimate of drug-likeness (QED) is 0.437. The molecule has 0 aliphatic carbocycles. The number of aromatic nitrogens is 3. The van der Waals surface area contributed by atoms with Crippen molar-refractivity contribution in [2.75, 3.05) is 42.3 Å². The number of primary amides is 1. The highest BCUT2D eigenvalue weighted by Crippen LogP contribution is 2.25. The van der Waals surface area contributed by atoms with E-state index in [-0.39, 0.29) is 30.0 Å². The fourth-order valence-corrected chi connectivity index (χ4v) is 4.50. The van der Waals surface area contributed by atoms with Crippen LogP contribution >= 0.6 is 23.9 Å². The number of carbonyl (C=O) groups excluding carboxylic acids is 2. The maximum atomic E-state index is 12.9. The predicted molar refractivity (Wildman–Crippen MR) is 141 cm³/mol. The molecule has 3 heterocycles. The largest absolute Gasteiger partial charge is 0.378 e. The normalized spacial score (nSPS) is 15.2. The average Bonchev–Trinajstić information content (AvgIpc) is 3.23. The number of rotatable bonds is 7. The van der Waals surface area contributed by atoms with E-state index in [9.17, 15) is 9.59 Å². The molecule has 35 heavy (non-hydrogen) atoms. The van der Waals surface area contributed by atoms with Crippen molar-refractivity contribution in [1.82, 2.24) is 19.7 Å². The Morgan fingerprint density at radius 2 is 2.06 bits per heavy atom. The summed E-state index contributed by atoms with van der Waals surface area (Å²) >= 11 is 1.27. The van der Waals surface area contributed by atoms with Gasteiger partial charge in [0.15, 0.2) is 11.5 Å². The summed E-state index contributed by atoms with van der Waals surface area (Å²) in [6.07, 6.45) is 3.31. The van der Waals surface area contributed by atoms with Crippen LogP contribution in [0.3, 0.4) is 0 Å². The summed E-state index contributed by atoms with van der Waals surface area (Å²) in [5.41, 5.74) is 8.03. The van der Waals surface area contributed by atoms with Gasteiger partial charge in [0, 0.05) is 44.5 Å². The van der Waals surface area contributed by atoms with Gasteiger partial charge in [0.25, 0.3) is 11.8 Å². The van der Waals surface area contributed by atoms with Crippen molar-refractivity contribution in [3.05, 3.63) is 53.5 Å². The van der Waals surface area contributed by atoms with E-state index in [1.165, 1.54) is 11.5 Å². The van der Waals surface area contributed by atoms with Crippen molar-refractivity contribution in [2.45, 2.75) is 25.8 Å². The molecule has 2 aromatic heterocycles. The topological polar surface area (TPSA) is 129 Å². The van der Waals surface area contributed by atoms with Crippen LogP contribution < -0.4 is 26.2 Å². The first-order valence-electron chi connectivity index (χ1n) is 11.0. The summed E-state index contributed by atoms with van der Waals surface area (Å²) in [5, 5.41) is 7.00. The molecule has 1 aliphatic rings. The fourth-order valence-electron chi connectivity index (χ4n) is 3.84. The molecule has 3 aromatic rings. The average molecular weight is 517 g/mol. The maximum absolute atomic E-state index is 12.9. The molecule has 1 fully saturated rings. The Balaban J connectivity index is 0.00000342. The molecule has 12 heteroatoms. The number of halogens is 1. The van der Waals surface area contributed by atoms with Gasteiger partial charge in [0.2, 0.25) is 0 Å². The minimum atomic E-state index is -0.661. The van der Waals surface area contributed by atoms with E-state index in [2.05, 4.69) is 29.9 Å². The van der Waals surface area contributed by atoms with Gasteiger partial charge in [-0.2, -0.15) is 4.37 Å². The lowest BCUT2D eigenvalue weighted by atomic mass is 10.0. The molecule has 4 rings (SSSR count). The molecule has 10 nitrogen and oxygen atoms in total. The zero-order chi connectivity index (χ0) is 24.2. The third-order valence-corrected chi connectivity index (χ3v) is 6.36. The van der Waals surface area contributed by atoms with Crippen molar-refractivity contribution in [1.29, 1.82) is 0 Å². The lowest BCUT2D eigenvalue weighted by molar-refractivity contribution is 0.0932. The number of nitrogens with zero attached hydrogens (tertiary/aromatic N) is 5. The Morgan fingerprint density at radius 1 is 1.26 bits per heavy atom. The first-order valence-corrected chi connectivity index (χ1v) is 11.8. The molecule has 0 spiro atoms. The highest BCUT2D eigenvalue weighted by Gasteiger charge is 2.25. The van der Waals surface area contributed by atoms with Crippen LogP contribution in [0.4, 0.5) is 22.3 Å². The molecule has 0 bridgehead atoms. The van der Waals surface area contributed by atoms with E-state index in [4.69, 9.17) is 5.73 Å². The molecular formula is C23H29ClN8O2S. The second-order valence-corrected chi connectivity index (χ2v) is 9.26. The van der Waals surface area contributed by atoms with Crippen molar-refractivity contribution in [2.24, 2.45) is 5.73 Å². The molecule has 1 saturated heterocycles. The predicted octanol–water partition coefficient (Wildman–Crippen LogP) is 2.97. The van der Waals surface area contributed by atoms with Crippen LogP contribution in [-0.2, 0) is 0 Å². The number of benzene rings is 1. The van der Waals surface area contributed by atoms with Gasteiger partial charge in [0.1, 0.15) is 10.8 Å². The van der Waals surface area contributed by atoms with Crippen LogP contribution in [0.5, 0.6) is 0 Å². The summed E-state index contributed by atoms with van der Waals surface area (Å²) < 4.78 is 4.24. The monoisotopic (exact) mass is 516 g/mol. The van der Waals surface area contributed by atoms with Gasteiger partial charge in [-0.1, -0.05) is 6.07 Å². The summed E-state index contributed by atoms with van der Waals surface area (Å²) in [4.78, 5) is 37.7. The van der Waals surface area contributed by atoms with Crippen LogP contribution in [-0.4, -0.2) is 59.4 Å². The molecule has 0 unspecified atom stereocenters.